The van der Waals surface area contributed by atoms with Gasteiger partial charge in [0, 0.05) is 40.9 Å². The molecule has 0 aliphatic carbocycles. The van der Waals surface area contributed by atoms with Gasteiger partial charge in [-0.15, -0.1) is 11.3 Å². The molecule has 0 unspecified atom stereocenters. The fourth-order valence-corrected chi connectivity index (χ4v) is 4.64. The maximum Gasteiger partial charge on any atom is 0.0559 e. The van der Waals surface area contributed by atoms with Crippen molar-refractivity contribution >= 4 is 69.2 Å². The summed E-state index contributed by atoms with van der Waals surface area (Å²) >= 11 is 5.41. The first-order valence-corrected chi connectivity index (χ1v) is 8.43. The van der Waals surface area contributed by atoms with E-state index in [9.17, 15) is 0 Å². The maximum atomic E-state index is 3.62. The second kappa shape index (κ2) is 4.09. The SMILES string of the molecule is Brc1ccc2c(c1)[nH]c1c2ccc2sc3ccccc3c21. The van der Waals surface area contributed by atoms with Crippen molar-refractivity contribution in [2.75, 3.05) is 0 Å². The van der Waals surface area contributed by atoms with E-state index in [1.54, 1.807) is 0 Å². The molecule has 2 heterocycles. The quantitative estimate of drug-likeness (QED) is 0.330. The molecule has 0 atom stereocenters. The maximum absolute atomic E-state index is 3.62. The van der Waals surface area contributed by atoms with Crippen LogP contribution in [0.1, 0.15) is 0 Å². The number of rotatable bonds is 0. The molecule has 0 amide bonds. The number of nitrogens with one attached hydrogen (secondary N) is 1. The summed E-state index contributed by atoms with van der Waals surface area (Å²) in [6.45, 7) is 0. The lowest BCUT2D eigenvalue weighted by molar-refractivity contribution is 1.56. The topological polar surface area (TPSA) is 15.8 Å². The summed E-state index contributed by atoms with van der Waals surface area (Å²) < 4.78 is 3.79. The van der Waals surface area contributed by atoms with Gasteiger partial charge in [0.15, 0.2) is 0 Å². The largest absolute Gasteiger partial charge is 0.354 e. The number of fused-ring (bicyclic) bond motifs is 7. The van der Waals surface area contributed by atoms with E-state index in [1.165, 1.54) is 42.0 Å². The van der Waals surface area contributed by atoms with Crippen LogP contribution in [0.3, 0.4) is 0 Å². The molecular weight excluding hydrogens is 342 g/mol. The summed E-state index contributed by atoms with van der Waals surface area (Å²) in [7, 11) is 0. The molecule has 2 aromatic heterocycles. The first-order valence-electron chi connectivity index (χ1n) is 6.82. The fraction of sp³-hybridized carbons (Fsp3) is 0. The number of aromatic nitrogens is 1. The van der Waals surface area contributed by atoms with Crippen molar-refractivity contribution in [1.29, 1.82) is 0 Å². The third kappa shape index (κ3) is 1.56. The Kier molecular flexibility index (Phi) is 2.29. The van der Waals surface area contributed by atoms with Crippen molar-refractivity contribution in [2.24, 2.45) is 0 Å². The van der Waals surface area contributed by atoms with Crippen molar-refractivity contribution in [3.63, 3.8) is 0 Å². The number of hydrogen-bond donors (Lipinski definition) is 1. The second-order valence-corrected chi connectivity index (χ2v) is 7.27. The Morgan fingerprint density at radius 3 is 2.62 bits per heavy atom. The molecule has 0 aliphatic rings. The highest BCUT2D eigenvalue weighted by Gasteiger charge is 2.12. The van der Waals surface area contributed by atoms with E-state index in [-0.39, 0.29) is 0 Å². The lowest BCUT2D eigenvalue weighted by Gasteiger charge is -1.95. The molecule has 3 aromatic carbocycles. The van der Waals surface area contributed by atoms with Crippen LogP contribution in [0.5, 0.6) is 0 Å². The number of aromatic amines is 1. The van der Waals surface area contributed by atoms with Crippen molar-refractivity contribution < 1.29 is 0 Å². The van der Waals surface area contributed by atoms with Gasteiger partial charge in [0.05, 0.1) is 5.52 Å². The minimum atomic E-state index is 1.10. The molecule has 0 aliphatic heterocycles. The standard InChI is InChI=1S/C18H10BrNS/c19-10-5-6-11-12-7-8-16-17(18(12)20-14(11)9-10)13-3-1-2-4-15(13)21-16/h1-9,20H. The molecule has 0 fully saturated rings. The molecule has 1 nitrogen and oxygen atoms in total. The van der Waals surface area contributed by atoms with Crippen LogP contribution in [0, 0.1) is 0 Å². The van der Waals surface area contributed by atoms with E-state index >= 15 is 0 Å². The van der Waals surface area contributed by atoms with E-state index < -0.39 is 0 Å². The smallest absolute Gasteiger partial charge is 0.0559 e. The molecule has 100 valence electrons. The molecule has 0 saturated heterocycles. The monoisotopic (exact) mass is 351 g/mol. The zero-order valence-electron chi connectivity index (χ0n) is 11.0. The number of H-pyrrole nitrogens is 1. The summed E-state index contributed by atoms with van der Waals surface area (Å²) in [6, 6.07) is 19.6. The van der Waals surface area contributed by atoms with Crippen LogP contribution in [0.2, 0.25) is 0 Å². The van der Waals surface area contributed by atoms with E-state index in [4.69, 9.17) is 0 Å². The molecule has 5 rings (SSSR count). The van der Waals surface area contributed by atoms with E-state index in [2.05, 4.69) is 75.5 Å². The average molecular weight is 352 g/mol. The van der Waals surface area contributed by atoms with Crippen molar-refractivity contribution in [1.82, 2.24) is 4.98 Å². The Morgan fingerprint density at radius 1 is 0.810 bits per heavy atom. The van der Waals surface area contributed by atoms with Gasteiger partial charge in [-0.2, -0.15) is 0 Å². The van der Waals surface area contributed by atoms with Crippen LogP contribution in [-0.4, -0.2) is 4.98 Å². The third-order valence-corrected chi connectivity index (χ3v) is 5.70. The Hall–Kier alpha value is -1.84. The van der Waals surface area contributed by atoms with Gasteiger partial charge in [-0.25, -0.2) is 0 Å². The fourth-order valence-electron chi connectivity index (χ4n) is 3.16. The van der Waals surface area contributed by atoms with E-state index in [0.717, 1.165) is 4.47 Å². The molecule has 1 N–H and O–H groups in total. The molecular formula is C18H10BrNS. The minimum Gasteiger partial charge on any atom is -0.354 e. The van der Waals surface area contributed by atoms with Crippen LogP contribution < -0.4 is 0 Å². The predicted octanol–water partition coefficient (Wildman–Crippen LogP) is 6.45. The number of halogens is 1. The second-order valence-electron chi connectivity index (χ2n) is 5.27. The van der Waals surface area contributed by atoms with Crippen molar-refractivity contribution in [2.45, 2.75) is 0 Å². The highest BCUT2D eigenvalue weighted by atomic mass is 79.9. The van der Waals surface area contributed by atoms with Crippen LogP contribution in [0.25, 0.3) is 42.0 Å². The van der Waals surface area contributed by atoms with Gasteiger partial charge in [0.25, 0.3) is 0 Å². The molecule has 0 bridgehead atoms. The summed E-state index contributed by atoms with van der Waals surface area (Å²) in [4.78, 5) is 3.62. The van der Waals surface area contributed by atoms with Gasteiger partial charge >= 0.3 is 0 Å². The molecule has 0 saturated carbocycles. The Labute approximate surface area is 133 Å². The predicted molar refractivity (Wildman–Crippen MR) is 96.4 cm³/mol. The van der Waals surface area contributed by atoms with Crippen LogP contribution in [-0.2, 0) is 0 Å². The molecule has 21 heavy (non-hydrogen) atoms. The van der Waals surface area contributed by atoms with Gasteiger partial charge in [-0.1, -0.05) is 46.3 Å². The van der Waals surface area contributed by atoms with Crippen LogP contribution >= 0.6 is 27.3 Å². The Morgan fingerprint density at radius 2 is 1.67 bits per heavy atom. The Balaban J connectivity index is 2.10. The molecule has 3 heteroatoms. The minimum absolute atomic E-state index is 1.10. The highest BCUT2D eigenvalue weighted by Crippen LogP contribution is 2.40. The van der Waals surface area contributed by atoms with Gasteiger partial charge < -0.3 is 4.98 Å². The average Bonchev–Trinajstić information content (AvgIpc) is 3.03. The first-order chi connectivity index (χ1) is 10.3. The summed E-state index contributed by atoms with van der Waals surface area (Å²) in [5, 5.41) is 5.27. The lowest BCUT2D eigenvalue weighted by Crippen LogP contribution is -1.71. The zero-order chi connectivity index (χ0) is 14.0. The van der Waals surface area contributed by atoms with Crippen LogP contribution in [0.15, 0.2) is 59.1 Å². The van der Waals surface area contributed by atoms with Crippen molar-refractivity contribution in [3.05, 3.63) is 59.1 Å². The van der Waals surface area contributed by atoms with Gasteiger partial charge in [-0.3, -0.25) is 0 Å². The third-order valence-electron chi connectivity index (χ3n) is 4.07. The van der Waals surface area contributed by atoms with Gasteiger partial charge in [0.2, 0.25) is 0 Å². The highest BCUT2D eigenvalue weighted by molar-refractivity contribution is 9.10. The lowest BCUT2D eigenvalue weighted by atomic mass is 10.1. The number of benzene rings is 3. The first kappa shape index (κ1) is 11.8. The van der Waals surface area contributed by atoms with Gasteiger partial charge in [-0.05, 0) is 24.3 Å². The van der Waals surface area contributed by atoms with Gasteiger partial charge in [0.1, 0.15) is 0 Å². The molecule has 0 radical (unpaired) electrons. The number of thiophene rings is 1. The van der Waals surface area contributed by atoms with E-state index in [0.29, 0.717) is 0 Å². The van der Waals surface area contributed by atoms with Crippen molar-refractivity contribution in [3.8, 4) is 0 Å². The van der Waals surface area contributed by atoms with Crippen LogP contribution in [0.4, 0.5) is 0 Å². The van der Waals surface area contributed by atoms with E-state index in [1.807, 2.05) is 11.3 Å². The summed E-state index contributed by atoms with van der Waals surface area (Å²) in [5.74, 6) is 0. The zero-order valence-corrected chi connectivity index (χ0v) is 13.4. The molecule has 0 spiro atoms. The summed E-state index contributed by atoms with van der Waals surface area (Å²) in [5.41, 5.74) is 2.43. The summed E-state index contributed by atoms with van der Waals surface area (Å²) in [6.07, 6.45) is 0. The normalized spacial score (nSPS) is 12.0. The molecule has 5 aromatic rings. The Bertz CT molecular complexity index is 1150. The number of hydrogen-bond acceptors (Lipinski definition) is 1.